The number of aromatic nitrogens is 3. The van der Waals surface area contributed by atoms with Crippen molar-refractivity contribution in [2.24, 2.45) is 0 Å². The van der Waals surface area contributed by atoms with Gasteiger partial charge in [0, 0.05) is 24.5 Å². The van der Waals surface area contributed by atoms with Crippen LogP contribution in [0.25, 0.3) is 11.3 Å². The Bertz CT molecular complexity index is 723. The molecular weight excluding hydrogens is 276 g/mol. The zero-order valence-corrected chi connectivity index (χ0v) is 12.7. The summed E-state index contributed by atoms with van der Waals surface area (Å²) in [6.07, 6.45) is 12.6. The van der Waals surface area contributed by atoms with Crippen LogP contribution in [0, 0.1) is 0 Å². The molecule has 2 aliphatic carbocycles. The van der Waals surface area contributed by atoms with Gasteiger partial charge in [-0.25, -0.2) is 0 Å². The van der Waals surface area contributed by atoms with Crippen molar-refractivity contribution < 1.29 is 5.11 Å². The molecule has 5 nitrogen and oxygen atoms in total. The van der Waals surface area contributed by atoms with Crippen molar-refractivity contribution in [1.82, 2.24) is 20.1 Å². The van der Waals surface area contributed by atoms with Crippen LogP contribution in [0.1, 0.15) is 43.8 Å². The molecule has 1 aliphatic heterocycles. The van der Waals surface area contributed by atoms with Gasteiger partial charge in [0.25, 0.3) is 0 Å². The molecule has 0 saturated heterocycles. The number of hydrogen-bond donors (Lipinski definition) is 2. The van der Waals surface area contributed by atoms with E-state index in [0.29, 0.717) is 6.42 Å². The fraction of sp³-hybridized carbons (Fsp3) is 0.412. The average Bonchev–Trinajstić information content (AvgIpc) is 2.94. The molecule has 4 rings (SSSR count). The highest BCUT2D eigenvalue weighted by atomic mass is 16.3. The first-order valence-electron chi connectivity index (χ1n) is 7.90. The van der Waals surface area contributed by atoms with Crippen molar-refractivity contribution in [3.8, 4) is 0 Å². The van der Waals surface area contributed by atoms with Gasteiger partial charge in [-0.05, 0) is 18.9 Å². The third-order valence-corrected chi connectivity index (χ3v) is 4.45. The molecular formula is C17H20N4O. The summed E-state index contributed by atoms with van der Waals surface area (Å²) in [5.41, 5.74) is 3.25. The minimum absolute atomic E-state index is 0.269. The Morgan fingerprint density at radius 1 is 1.27 bits per heavy atom. The summed E-state index contributed by atoms with van der Waals surface area (Å²) in [6.45, 7) is 2.98. The van der Waals surface area contributed by atoms with E-state index < -0.39 is 6.10 Å². The van der Waals surface area contributed by atoms with E-state index in [0.717, 1.165) is 48.0 Å². The maximum Gasteiger partial charge on any atom is 0.168 e. The molecule has 3 aliphatic rings. The number of rotatable bonds is 1. The molecule has 5 heteroatoms. The molecule has 0 amide bonds. The molecule has 2 heterocycles. The van der Waals surface area contributed by atoms with Crippen LogP contribution in [0.3, 0.4) is 0 Å². The van der Waals surface area contributed by atoms with E-state index >= 15 is 0 Å². The summed E-state index contributed by atoms with van der Waals surface area (Å²) in [4.78, 5) is 0. The summed E-state index contributed by atoms with van der Waals surface area (Å²) in [5, 5.41) is 22.4. The van der Waals surface area contributed by atoms with E-state index in [1.54, 1.807) is 0 Å². The minimum Gasteiger partial charge on any atom is -0.389 e. The normalized spacial score (nSPS) is 26.9. The van der Waals surface area contributed by atoms with Gasteiger partial charge in [0.15, 0.2) is 5.82 Å². The smallest absolute Gasteiger partial charge is 0.168 e. The van der Waals surface area contributed by atoms with Gasteiger partial charge in [0.05, 0.1) is 17.5 Å². The minimum atomic E-state index is -0.451. The Hall–Kier alpha value is -2.14. The highest BCUT2D eigenvalue weighted by Crippen LogP contribution is 2.33. The first-order chi connectivity index (χ1) is 10.7. The lowest BCUT2D eigenvalue weighted by Gasteiger charge is -2.21. The van der Waals surface area contributed by atoms with Crippen LogP contribution in [0.2, 0.25) is 0 Å². The Kier molecular flexibility index (Phi) is 3.22. The predicted molar refractivity (Wildman–Crippen MR) is 85.8 cm³/mol. The van der Waals surface area contributed by atoms with Crippen LogP contribution >= 0.6 is 0 Å². The summed E-state index contributed by atoms with van der Waals surface area (Å²) < 4.78 is 2.15. The molecule has 2 N–H and O–H groups in total. The molecule has 0 spiro atoms. The first-order valence-corrected chi connectivity index (χ1v) is 7.90. The largest absolute Gasteiger partial charge is 0.389 e. The van der Waals surface area contributed by atoms with E-state index in [4.69, 9.17) is 0 Å². The fourth-order valence-corrected chi connectivity index (χ4v) is 3.25. The second-order valence-electron chi connectivity index (χ2n) is 6.13. The zero-order valence-electron chi connectivity index (χ0n) is 12.7. The molecule has 2 atom stereocenters. The maximum absolute atomic E-state index is 10.0. The number of aliphatic hydroxyl groups is 1. The third-order valence-electron chi connectivity index (χ3n) is 4.45. The van der Waals surface area contributed by atoms with Gasteiger partial charge >= 0.3 is 0 Å². The Labute approximate surface area is 129 Å². The summed E-state index contributed by atoms with van der Waals surface area (Å²) in [6, 6.07) is 0. The third kappa shape index (κ3) is 2.13. The summed E-state index contributed by atoms with van der Waals surface area (Å²) >= 11 is 0. The van der Waals surface area contributed by atoms with Crippen LogP contribution in [0.5, 0.6) is 0 Å². The van der Waals surface area contributed by atoms with Crippen molar-refractivity contribution in [2.75, 3.05) is 6.54 Å². The monoisotopic (exact) mass is 296 g/mol. The Balaban J connectivity index is 1.90. The fourth-order valence-electron chi connectivity index (χ4n) is 3.25. The predicted octanol–water partition coefficient (Wildman–Crippen LogP) is 2.21. The summed E-state index contributed by atoms with van der Waals surface area (Å²) in [5.74, 6) is 2.12. The highest BCUT2D eigenvalue weighted by molar-refractivity contribution is 5.74. The van der Waals surface area contributed by atoms with Gasteiger partial charge in [0.2, 0.25) is 0 Å². The molecule has 1 aromatic rings. The first kappa shape index (κ1) is 13.5. The van der Waals surface area contributed by atoms with Gasteiger partial charge in [0.1, 0.15) is 5.82 Å². The number of hydrogen-bond acceptors (Lipinski definition) is 4. The van der Waals surface area contributed by atoms with Crippen LogP contribution in [0.4, 0.5) is 0 Å². The Morgan fingerprint density at radius 2 is 2.18 bits per heavy atom. The van der Waals surface area contributed by atoms with E-state index in [-0.39, 0.29) is 5.92 Å². The molecule has 0 bridgehead atoms. The average molecular weight is 296 g/mol. The van der Waals surface area contributed by atoms with Crippen LogP contribution in [0.15, 0.2) is 36.1 Å². The number of nitrogens with one attached hydrogen (secondary N) is 1. The van der Waals surface area contributed by atoms with Crippen LogP contribution < -0.4 is 5.32 Å². The number of aliphatic hydroxyl groups excluding tert-OH is 1. The van der Waals surface area contributed by atoms with Crippen LogP contribution in [-0.2, 0) is 0 Å². The topological polar surface area (TPSA) is 63.0 Å². The molecule has 0 radical (unpaired) electrons. The maximum atomic E-state index is 10.0. The molecule has 1 aromatic heterocycles. The number of nitrogens with zero attached hydrogens (tertiary/aromatic N) is 3. The zero-order chi connectivity index (χ0) is 15.1. The van der Waals surface area contributed by atoms with E-state index in [9.17, 15) is 5.11 Å². The van der Waals surface area contributed by atoms with Gasteiger partial charge in [-0.2, -0.15) is 0 Å². The Morgan fingerprint density at radius 3 is 3.00 bits per heavy atom. The highest BCUT2D eigenvalue weighted by Gasteiger charge is 2.28. The second kappa shape index (κ2) is 5.25. The second-order valence-corrected chi connectivity index (χ2v) is 6.13. The van der Waals surface area contributed by atoms with Crippen molar-refractivity contribution in [3.05, 3.63) is 47.7 Å². The van der Waals surface area contributed by atoms with E-state index in [1.807, 2.05) is 12.2 Å². The van der Waals surface area contributed by atoms with E-state index in [2.05, 4.69) is 45.2 Å². The molecule has 2 unspecified atom stereocenters. The van der Waals surface area contributed by atoms with Gasteiger partial charge in [-0.15, -0.1) is 10.2 Å². The van der Waals surface area contributed by atoms with Gasteiger partial charge in [-0.1, -0.05) is 31.2 Å². The van der Waals surface area contributed by atoms with Crippen LogP contribution in [-0.4, -0.2) is 32.5 Å². The van der Waals surface area contributed by atoms with Crippen molar-refractivity contribution in [1.29, 1.82) is 0 Å². The summed E-state index contributed by atoms with van der Waals surface area (Å²) in [7, 11) is 0. The number of allylic oxidation sites excluding steroid dienone is 5. The lowest BCUT2D eigenvalue weighted by molar-refractivity contribution is 0.226. The van der Waals surface area contributed by atoms with Crippen molar-refractivity contribution in [3.63, 3.8) is 0 Å². The molecule has 114 valence electrons. The van der Waals surface area contributed by atoms with Crippen molar-refractivity contribution in [2.45, 2.75) is 38.2 Å². The standard InChI is InChI=1S/C17H20N4O/c1-11-10-18-14-8-7-13(22)9-15(14)21-16(11)19-20-17(21)12-5-3-2-4-6-12/h3,5-8,11,13,18,22H,2,4,9-10H2,1H3. The lowest BCUT2D eigenvalue weighted by Crippen LogP contribution is -2.21. The van der Waals surface area contributed by atoms with Crippen molar-refractivity contribution >= 4 is 11.3 Å². The van der Waals surface area contributed by atoms with Gasteiger partial charge in [-0.3, -0.25) is 4.57 Å². The SMILES string of the molecule is CC1CNC2=C(CC(O)C=C2)n2c(C3=CCCC=C3)nnc21. The van der Waals surface area contributed by atoms with E-state index in [1.165, 1.54) is 0 Å². The molecule has 0 fully saturated rings. The quantitative estimate of drug-likeness (QED) is 0.834. The molecule has 0 aromatic carbocycles. The number of fused-ring (bicyclic) bond motifs is 2. The molecule has 22 heavy (non-hydrogen) atoms. The molecule has 0 saturated carbocycles. The lowest BCUT2D eigenvalue weighted by atomic mass is 10.0. The van der Waals surface area contributed by atoms with Gasteiger partial charge < -0.3 is 10.4 Å².